The fourth-order valence-corrected chi connectivity index (χ4v) is 4.23. The summed E-state index contributed by atoms with van der Waals surface area (Å²) in [5.41, 5.74) is 1.44. The molecule has 1 saturated carbocycles. The lowest BCUT2D eigenvalue weighted by atomic mass is 10.1. The van der Waals surface area contributed by atoms with E-state index in [4.69, 9.17) is 16.3 Å². The van der Waals surface area contributed by atoms with Crippen molar-refractivity contribution in [1.29, 1.82) is 0 Å². The Morgan fingerprint density at radius 3 is 2.74 bits per heavy atom. The number of carbonyl (C=O) groups is 2. The molecule has 6 nitrogen and oxygen atoms in total. The van der Waals surface area contributed by atoms with Crippen LogP contribution in [0, 0.1) is 5.92 Å². The molecule has 164 valence electrons. The molecule has 0 spiro atoms. The number of carbonyl (C=O) groups excluding carboxylic acids is 2. The number of benzene rings is 2. The number of fused-ring (bicyclic) bond motifs is 1. The summed E-state index contributed by atoms with van der Waals surface area (Å²) in [6.45, 7) is 2.56. The Bertz CT molecular complexity index is 947. The van der Waals surface area contributed by atoms with Crippen molar-refractivity contribution in [3.05, 3.63) is 53.6 Å². The lowest BCUT2D eigenvalue weighted by molar-refractivity contribution is -0.129. The van der Waals surface area contributed by atoms with Gasteiger partial charge in [-0.3, -0.25) is 9.59 Å². The van der Waals surface area contributed by atoms with Crippen LogP contribution in [0.25, 0.3) is 0 Å². The maximum atomic E-state index is 13.0. The fourth-order valence-electron chi connectivity index (χ4n) is 4.04. The Labute approximate surface area is 187 Å². The molecule has 1 heterocycles. The lowest BCUT2D eigenvalue weighted by Crippen LogP contribution is -2.52. The molecular formula is C24H28ClN3O3. The second-order valence-corrected chi connectivity index (χ2v) is 8.69. The predicted molar refractivity (Wildman–Crippen MR) is 123 cm³/mol. The van der Waals surface area contributed by atoms with Crippen molar-refractivity contribution in [3.8, 4) is 5.75 Å². The topological polar surface area (TPSA) is 70.7 Å². The van der Waals surface area contributed by atoms with Gasteiger partial charge in [-0.15, -0.1) is 0 Å². The number of nitrogens with zero attached hydrogens (tertiary/aromatic N) is 1. The van der Waals surface area contributed by atoms with Crippen LogP contribution < -0.4 is 20.3 Å². The molecule has 1 aliphatic heterocycles. The van der Waals surface area contributed by atoms with E-state index in [1.54, 1.807) is 24.3 Å². The highest BCUT2D eigenvalue weighted by Gasteiger charge is 2.36. The molecule has 0 bridgehead atoms. The summed E-state index contributed by atoms with van der Waals surface area (Å²) in [5.74, 6) is 0.905. The summed E-state index contributed by atoms with van der Waals surface area (Å²) in [6.07, 6.45) is 3.70. The van der Waals surface area contributed by atoms with Crippen LogP contribution >= 0.6 is 11.6 Å². The minimum absolute atomic E-state index is 0.109. The van der Waals surface area contributed by atoms with Gasteiger partial charge in [0.25, 0.3) is 5.91 Å². The Balaban J connectivity index is 1.45. The summed E-state index contributed by atoms with van der Waals surface area (Å²) in [4.78, 5) is 27.6. The zero-order valence-corrected chi connectivity index (χ0v) is 18.4. The highest BCUT2D eigenvalue weighted by Crippen LogP contribution is 2.36. The normalized spacial score (nSPS) is 18.5. The summed E-state index contributed by atoms with van der Waals surface area (Å²) < 4.78 is 6.02. The highest BCUT2D eigenvalue weighted by molar-refractivity contribution is 6.30. The van der Waals surface area contributed by atoms with Crippen LogP contribution in [-0.2, 0) is 9.59 Å². The molecule has 4 rings (SSSR count). The molecule has 2 aliphatic rings. The Morgan fingerprint density at radius 2 is 2.00 bits per heavy atom. The van der Waals surface area contributed by atoms with Crippen molar-refractivity contribution in [1.82, 2.24) is 5.32 Å². The maximum Gasteiger partial charge on any atom is 0.263 e. The lowest BCUT2D eigenvalue weighted by Gasteiger charge is -2.35. The summed E-state index contributed by atoms with van der Waals surface area (Å²) in [7, 11) is 0. The van der Waals surface area contributed by atoms with Crippen molar-refractivity contribution in [2.24, 2.45) is 5.92 Å². The molecule has 0 saturated heterocycles. The molecule has 2 aromatic rings. The number of hydrogen-bond donors (Lipinski definition) is 2. The van der Waals surface area contributed by atoms with E-state index in [2.05, 4.69) is 17.6 Å². The molecule has 2 N–H and O–H groups in total. The van der Waals surface area contributed by atoms with Crippen LogP contribution in [0.15, 0.2) is 48.5 Å². The van der Waals surface area contributed by atoms with Crippen LogP contribution in [-0.4, -0.2) is 37.0 Å². The van der Waals surface area contributed by atoms with Crippen LogP contribution in [0.3, 0.4) is 0 Å². The smallest absolute Gasteiger partial charge is 0.263 e. The molecule has 2 unspecified atom stereocenters. The SMILES string of the molecule is CCCC(NC(=O)C1CN(CC(=O)Nc2cccc(Cl)c2)c2ccccc2O1)C1CC1. The first kappa shape index (κ1) is 21.5. The van der Waals surface area contributed by atoms with E-state index in [-0.39, 0.29) is 24.4 Å². The van der Waals surface area contributed by atoms with Gasteiger partial charge < -0.3 is 20.3 Å². The van der Waals surface area contributed by atoms with E-state index in [0.717, 1.165) is 18.5 Å². The third kappa shape index (κ3) is 5.50. The maximum absolute atomic E-state index is 13.0. The molecule has 0 radical (unpaired) electrons. The third-order valence-corrected chi connectivity index (χ3v) is 5.95. The van der Waals surface area contributed by atoms with Gasteiger partial charge in [-0.05, 0) is 55.5 Å². The number of amides is 2. The zero-order valence-electron chi connectivity index (χ0n) is 17.6. The van der Waals surface area contributed by atoms with Crippen molar-refractivity contribution < 1.29 is 14.3 Å². The molecule has 2 atom stereocenters. The van der Waals surface area contributed by atoms with Gasteiger partial charge in [-0.25, -0.2) is 0 Å². The number of halogens is 1. The van der Waals surface area contributed by atoms with Gasteiger partial charge in [0, 0.05) is 16.8 Å². The average Bonchev–Trinajstić information content (AvgIpc) is 3.58. The average molecular weight is 442 g/mol. The number of nitrogens with one attached hydrogen (secondary N) is 2. The zero-order chi connectivity index (χ0) is 21.8. The number of hydrogen-bond acceptors (Lipinski definition) is 4. The molecule has 7 heteroatoms. The monoisotopic (exact) mass is 441 g/mol. The number of para-hydroxylation sites is 2. The standard InChI is InChI=1S/C24H28ClN3O3/c1-2-6-19(16-11-12-16)27-24(30)22-14-28(20-9-3-4-10-21(20)31-22)15-23(29)26-18-8-5-7-17(25)13-18/h3-5,7-10,13,16,19,22H,2,6,11-12,14-15H2,1H3,(H,26,29)(H,27,30). The molecular weight excluding hydrogens is 414 g/mol. The first-order valence-electron chi connectivity index (χ1n) is 10.9. The molecule has 2 aromatic carbocycles. The predicted octanol–water partition coefficient (Wildman–Crippen LogP) is 4.24. The molecule has 1 aliphatic carbocycles. The Hall–Kier alpha value is -2.73. The van der Waals surface area contributed by atoms with Crippen molar-refractivity contribution in [3.63, 3.8) is 0 Å². The fraction of sp³-hybridized carbons (Fsp3) is 0.417. The van der Waals surface area contributed by atoms with Gasteiger partial charge in [-0.2, -0.15) is 0 Å². The van der Waals surface area contributed by atoms with Gasteiger partial charge in [-0.1, -0.05) is 43.1 Å². The van der Waals surface area contributed by atoms with Crippen molar-refractivity contribution in [2.45, 2.75) is 44.8 Å². The van der Waals surface area contributed by atoms with Gasteiger partial charge >= 0.3 is 0 Å². The van der Waals surface area contributed by atoms with Gasteiger partial charge in [0.05, 0.1) is 18.8 Å². The largest absolute Gasteiger partial charge is 0.477 e. The quantitative estimate of drug-likeness (QED) is 0.642. The van der Waals surface area contributed by atoms with E-state index < -0.39 is 6.10 Å². The first-order chi connectivity index (χ1) is 15.0. The van der Waals surface area contributed by atoms with Gasteiger partial charge in [0.15, 0.2) is 6.10 Å². The number of rotatable bonds is 8. The molecule has 2 amide bonds. The van der Waals surface area contributed by atoms with Crippen molar-refractivity contribution >= 4 is 34.8 Å². The van der Waals surface area contributed by atoms with Gasteiger partial charge in [0.2, 0.25) is 5.91 Å². The minimum Gasteiger partial charge on any atom is -0.477 e. The van der Waals surface area contributed by atoms with E-state index in [9.17, 15) is 9.59 Å². The summed E-state index contributed by atoms with van der Waals surface area (Å²) in [6, 6.07) is 14.7. The second-order valence-electron chi connectivity index (χ2n) is 8.25. The van der Waals surface area contributed by atoms with Crippen molar-refractivity contribution in [2.75, 3.05) is 23.3 Å². The molecule has 0 aromatic heterocycles. The number of anilines is 2. The van der Waals surface area contributed by atoms with E-state index in [1.165, 1.54) is 12.8 Å². The van der Waals surface area contributed by atoms with E-state index >= 15 is 0 Å². The number of ether oxygens (including phenoxy) is 1. The van der Waals surface area contributed by atoms with Crippen LogP contribution in [0.2, 0.25) is 5.02 Å². The second kappa shape index (κ2) is 9.60. The van der Waals surface area contributed by atoms with Gasteiger partial charge in [0.1, 0.15) is 5.75 Å². The Kier molecular flexibility index (Phi) is 6.66. The van der Waals surface area contributed by atoms with E-state index in [1.807, 2.05) is 29.2 Å². The first-order valence-corrected chi connectivity index (χ1v) is 11.3. The molecule has 1 fully saturated rings. The summed E-state index contributed by atoms with van der Waals surface area (Å²) >= 11 is 6.01. The summed E-state index contributed by atoms with van der Waals surface area (Å²) in [5, 5.41) is 6.62. The minimum atomic E-state index is -0.660. The highest BCUT2D eigenvalue weighted by atomic mass is 35.5. The third-order valence-electron chi connectivity index (χ3n) is 5.72. The van der Waals surface area contributed by atoms with E-state index in [0.29, 0.717) is 28.9 Å². The van der Waals surface area contributed by atoms with Crippen LogP contribution in [0.1, 0.15) is 32.6 Å². The van der Waals surface area contributed by atoms with Crippen LogP contribution in [0.5, 0.6) is 5.75 Å². The van der Waals surface area contributed by atoms with Crippen LogP contribution in [0.4, 0.5) is 11.4 Å². The molecule has 31 heavy (non-hydrogen) atoms. The Morgan fingerprint density at radius 1 is 1.19 bits per heavy atom.